The molecule has 1 aromatic rings. The number of carboxylic acids is 1. The summed E-state index contributed by atoms with van der Waals surface area (Å²) in [6.07, 6.45) is 0.208. The fourth-order valence-electron chi connectivity index (χ4n) is 2.96. The summed E-state index contributed by atoms with van der Waals surface area (Å²) < 4.78 is 0. The molecule has 1 aliphatic heterocycles. The van der Waals surface area contributed by atoms with Crippen LogP contribution in [0.5, 0.6) is 0 Å². The van der Waals surface area contributed by atoms with Crippen molar-refractivity contribution in [2.45, 2.75) is 30.2 Å². The zero-order valence-electron chi connectivity index (χ0n) is 9.05. The molecule has 5 heteroatoms. The number of aliphatic carboxylic acids is 1. The summed E-state index contributed by atoms with van der Waals surface area (Å²) in [5.41, 5.74) is -1.60. The van der Waals surface area contributed by atoms with Gasteiger partial charge in [0, 0.05) is 12.8 Å². The van der Waals surface area contributed by atoms with Crippen molar-refractivity contribution in [3.63, 3.8) is 0 Å². The van der Waals surface area contributed by atoms with Gasteiger partial charge in [0.1, 0.15) is 11.6 Å². The van der Waals surface area contributed by atoms with Gasteiger partial charge in [-0.25, -0.2) is 0 Å². The Morgan fingerprint density at radius 1 is 1.35 bits per heavy atom. The number of rotatable bonds is 1. The summed E-state index contributed by atoms with van der Waals surface area (Å²) in [7, 11) is 0. The third kappa shape index (κ3) is 1.21. The molecule has 0 saturated carbocycles. The van der Waals surface area contributed by atoms with Crippen LogP contribution in [0.25, 0.3) is 0 Å². The van der Waals surface area contributed by atoms with E-state index < -0.39 is 23.3 Å². The maximum absolute atomic E-state index is 10.9. The van der Waals surface area contributed by atoms with Crippen LogP contribution in [0.15, 0.2) is 24.3 Å². The number of nitrogens with one attached hydrogen (secondary N) is 1. The molecule has 90 valence electrons. The number of fused-ring (bicyclic) bond motifs is 3. The summed E-state index contributed by atoms with van der Waals surface area (Å²) in [4.78, 5) is 10.9. The Morgan fingerprint density at radius 3 is 2.76 bits per heavy atom. The van der Waals surface area contributed by atoms with Crippen LogP contribution in [0.3, 0.4) is 0 Å². The number of hydrogen-bond acceptors (Lipinski definition) is 4. The van der Waals surface area contributed by atoms with Crippen LogP contribution >= 0.6 is 0 Å². The quantitative estimate of drug-likeness (QED) is 0.530. The molecule has 0 amide bonds. The molecule has 17 heavy (non-hydrogen) atoms. The van der Waals surface area contributed by atoms with Gasteiger partial charge in [0.2, 0.25) is 0 Å². The molecule has 0 spiro atoms. The average molecular weight is 235 g/mol. The van der Waals surface area contributed by atoms with Crippen molar-refractivity contribution >= 4 is 5.97 Å². The van der Waals surface area contributed by atoms with E-state index in [1.807, 2.05) is 12.1 Å². The molecule has 3 atom stereocenters. The minimum Gasteiger partial charge on any atom is -0.480 e. The Balaban J connectivity index is 2.09. The number of hydrogen-bond donors (Lipinski definition) is 4. The second-order valence-electron chi connectivity index (χ2n) is 4.79. The summed E-state index contributed by atoms with van der Waals surface area (Å²) >= 11 is 0. The molecule has 1 aliphatic carbocycles. The SMILES string of the molecule is O=C(O)C1CC2(O)c3ccccc3CC2(O)N1. The number of carbonyl (C=O) groups is 1. The van der Waals surface area contributed by atoms with Crippen LogP contribution in [0.2, 0.25) is 0 Å². The minimum absolute atomic E-state index is 0.0180. The zero-order chi connectivity index (χ0) is 12.3. The molecule has 2 aliphatic rings. The van der Waals surface area contributed by atoms with E-state index in [0.717, 1.165) is 5.56 Å². The molecule has 1 aromatic carbocycles. The second-order valence-corrected chi connectivity index (χ2v) is 4.79. The van der Waals surface area contributed by atoms with Crippen LogP contribution in [0.4, 0.5) is 0 Å². The molecular formula is C12H13NO4. The summed E-state index contributed by atoms with van der Waals surface area (Å²) in [5, 5.41) is 32.6. The lowest BCUT2D eigenvalue weighted by Gasteiger charge is -2.31. The Bertz CT molecular complexity index is 503. The zero-order valence-corrected chi connectivity index (χ0v) is 9.05. The van der Waals surface area contributed by atoms with Crippen molar-refractivity contribution in [1.29, 1.82) is 0 Å². The van der Waals surface area contributed by atoms with E-state index in [1.54, 1.807) is 12.1 Å². The van der Waals surface area contributed by atoms with Gasteiger partial charge in [-0.2, -0.15) is 0 Å². The Hall–Kier alpha value is -1.43. The summed E-state index contributed by atoms with van der Waals surface area (Å²) in [5.74, 6) is -1.06. The van der Waals surface area contributed by atoms with Crippen molar-refractivity contribution < 1.29 is 20.1 Å². The predicted molar refractivity (Wildman–Crippen MR) is 58.2 cm³/mol. The first-order valence-corrected chi connectivity index (χ1v) is 5.50. The third-order valence-electron chi connectivity index (χ3n) is 3.80. The lowest BCUT2D eigenvalue weighted by atomic mass is 9.89. The molecule has 3 unspecified atom stereocenters. The number of carboxylic acid groups (broad SMARTS) is 1. The van der Waals surface area contributed by atoms with E-state index in [0.29, 0.717) is 5.56 Å². The highest BCUT2D eigenvalue weighted by molar-refractivity contribution is 5.75. The van der Waals surface area contributed by atoms with Crippen molar-refractivity contribution in [2.75, 3.05) is 0 Å². The van der Waals surface area contributed by atoms with Crippen LogP contribution < -0.4 is 5.32 Å². The highest BCUT2D eigenvalue weighted by atomic mass is 16.4. The normalized spacial score (nSPS) is 38.8. The highest BCUT2D eigenvalue weighted by Gasteiger charge is 2.63. The molecule has 5 nitrogen and oxygen atoms in total. The molecule has 3 rings (SSSR count). The fraction of sp³-hybridized carbons (Fsp3) is 0.417. The average Bonchev–Trinajstić information content (AvgIpc) is 2.63. The molecule has 0 radical (unpaired) electrons. The minimum atomic E-state index is -1.57. The first-order valence-electron chi connectivity index (χ1n) is 5.50. The summed E-state index contributed by atoms with van der Waals surface area (Å²) in [6.45, 7) is 0. The predicted octanol–water partition coefficient (Wildman–Crippen LogP) is -0.435. The van der Waals surface area contributed by atoms with Gasteiger partial charge in [-0.15, -0.1) is 0 Å². The topological polar surface area (TPSA) is 89.8 Å². The van der Waals surface area contributed by atoms with Crippen LogP contribution in [-0.2, 0) is 16.8 Å². The molecule has 0 bridgehead atoms. The molecular weight excluding hydrogens is 222 g/mol. The van der Waals surface area contributed by atoms with Gasteiger partial charge in [-0.1, -0.05) is 24.3 Å². The lowest BCUT2D eigenvalue weighted by Crippen LogP contribution is -2.53. The van der Waals surface area contributed by atoms with Crippen molar-refractivity contribution in [2.24, 2.45) is 0 Å². The Morgan fingerprint density at radius 2 is 2.06 bits per heavy atom. The highest BCUT2D eigenvalue weighted by Crippen LogP contribution is 2.49. The maximum atomic E-state index is 10.9. The van der Waals surface area contributed by atoms with E-state index in [9.17, 15) is 15.0 Å². The van der Waals surface area contributed by atoms with Crippen molar-refractivity contribution in [1.82, 2.24) is 5.32 Å². The van der Waals surface area contributed by atoms with Crippen LogP contribution in [-0.4, -0.2) is 33.1 Å². The monoisotopic (exact) mass is 235 g/mol. The van der Waals surface area contributed by atoms with Gasteiger partial charge in [0.15, 0.2) is 5.72 Å². The van der Waals surface area contributed by atoms with Crippen molar-refractivity contribution in [3.05, 3.63) is 35.4 Å². The van der Waals surface area contributed by atoms with E-state index in [4.69, 9.17) is 5.11 Å². The Labute approximate surface area is 97.7 Å². The summed E-state index contributed by atoms with van der Waals surface area (Å²) in [6, 6.07) is 6.26. The van der Waals surface area contributed by atoms with Gasteiger partial charge in [-0.05, 0) is 11.1 Å². The van der Waals surface area contributed by atoms with Gasteiger partial charge >= 0.3 is 5.97 Å². The first-order chi connectivity index (χ1) is 7.96. The molecule has 1 fully saturated rings. The second kappa shape index (κ2) is 3.07. The standard InChI is InChI=1S/C12H13NO4/c14-10(15)9-6-11(16)8-4-2-1-3-7(8)5-12(11,17)13-9/h1-4,9,13,16-17H,5-6H2,(H,14,15). The van der Waals surface area contributed by atoms with Gasteiger partial charge < -0.3 is 15.3 Å². The third-order valence-corrected chi connectivity index (χ3v) is 3.80. The molecule has 4 N–H and O–H groups in total. The first kappa shape index (κ1) is 10.7. The van der Waals surface area contributed by atoms with Gasteiger partial charge in [0.25, 0.3) is 0 Å². The van der Waals surface area contributed by atoms with E-state index in [-0.39, 0.29) is 12.8 Å². The lowest BCUT2D eigenvalue weighted by molar-refractivity contribution is -0.141. The smallest absolute Gasteiger partial charge is 0.320 e. The van der Waals surface area contributed by atoms with Crippen LogP contribution in [0, 0.1) is 0 Å². The van der Waals surface area contributed by atoms with E-state index in [1.165, 1.54) is 0 Å². The van der Waals surface area contributed by atoms with Gasteiger partial charge in [-0.3, -0.25) is 10.1 Å². The molecule has 1 heterocycles. The molecule has 0 aromatic heterocycles. The fourth-order valence-corrected chi connectivity index (χ4v) is 2.96. The number of benzene rings is 1. The van der Waals surface area contributed by atoms with E-state index in [2.05, 4.69) is 5.32 Å². The Kier molecular flexibility index (Phi) is 1.93. The maximum Gasteiger partial charge on any atom is 0.320 e. The van der Waals surface area contributed by atoms with E-state index >= 15 is 0 Å². The van der Waals surface area contributed by atoms with Crippen molar-refractivity contribution in [3.8, 4) is 0 Å². The molecule has 1 saturated heterocycles. The van der Waals surface area contributed by atoms with Gasteiger partial charge in [0.05, 0.1) is 0 Å². The van der Waals surface area contributed by atoms with Crippen LogP contribution in [0.1, 0.15) is 17.5 Å². The number of aliphatic hydroxyl groups is 2. The largest absolute Gasteiger partial charge is 0.480 e.